The topological polar surface area (TPSA) is 83.9 Å². The standard InChI is InChI=1S/C38H78N2O6/c1-5-7-9-11-13-15-17-19-37(3,35-41)33-39-21-25-43-29-31-45-27-23-40(24-28-46-32-30-44-26-22-39)34-38(4,36-42)20-18-16-14-12-10-8-6-2/h41-42H,5-36H2,1-4H3. The van der Waals surface area contributed by atoms with Gasteiger partial charge >= 0.3 is 0 Å². The van der Waals surface area contributed by atoms with Gasteiger partial charge in [-0.25, -0.2) is 0 Å². The van der Waals surface area contributed by atoms with Gasteiger partial charge in [-0.1, -0.05) is 118 Å². The van der Waals surface area contributed by atoms with Crippen molar-refractivity contribution in [1.29, 1.82) is 0 Å². The van der Waals surface area contributed by atoms with E-state index in [0.29, 0.717) is 52.9 Å². The van der Waals surface area contributed by atoms with Crippen LogP contribution in [-0.2, 0) is 18.9 Å². The van der Waals surface area contributed by atoms with Gasteiger partial charge in [0.15, 0.2) is 0 Å². The van der Waals surface area contributed by atoms with Crippen molar-refractivity contribution in [3.8, 4) is 0 Å². The van der Waals surface area contributed by atoms with Gasteiger partial charge in [-0.3, -0.25) is 9.80 Å². The van der Waals surface area contributed by atoms with Gasteiger partial charge in [0.25, 0.3) is 0 Å². The maximum absolute atomic E-state index is 10.3. The average Bonchev–Trinajstić information content (AvgIpc) is 3.05. The molecule has 1 fully saturated rings. The molecule has 1 saturated heterocycles. The maximum atomic E-state index is 10.3. The predicted octanol–water partition coefficient (Wildman–Crippen LogP) is 6.95. The van der Waals surface area contributed by atoms with Crippen LogP contribution in [0.25, 0.3) is 0 Å². The third kappa shape index (κ3) is 23.9. The Morgan fingerprint density at radius 1 is 0.435 bits per heavy atom. The van der Waals surface area contributed by atoms with E-state index >= 15 is 0 Å². The molecule has 1 rings (SSSR count). The predicted molar refractivity (Wildman–Crippen MR) is 192 cm³/mol. The van der Waals surface area contributed by atoms with Crippen molar-refractivity contribution < 1.29 is 29.2 Å². The maximum Gasteiger partial charge on any atom is 0.0701 e. The summed E-state index contributed by atoms with van der Waals surface area (Å²) in [5.41, 5.74) is -0.224. The minimum atomic E-state index is -0.112. The Morgan fingerprint density at radius 3 is 1.00 bits per heavy atom. The molecule has 1 aliphatic rings. The van der Waals surface area contributed by atoms with Crippen LogP contribution in [0.3, 0.4) is 0 Å². The van der Waals surface area contributed by atoms with E-state index in [-0.39, 0.29) is 24.0 Å². The molecule has 1 aliphatic heterocycles. The lowest BCUT2D eigenvalue weighted by Crippen LogP contribution is -2.42. The van der Waals surface area contributed by atoms with E-state index in [1.807, 2.05) is 0 Å². The summed E-state index contributed by atoms with van der Waals surface area (Å²) in [5.74, 6) is 0. The van der Waals surface area contributed by atoms with Crippen LogP contribution in [0.5, 0.6) is 0 Å². The van der Waals surface area contributed by atoms with Crippen LogP contribution in [0.4, 0.5) is 0 Å². The Balaban J connectivity index is 2.50. The zero-order valence-corrected chi connectivity index (χ0v) is 31.0. The van der Waals surface area contributed by atoms with E-state index in [0.717, 1.165) is 52.1 Å². The number of nitrogens with zero attached hydrogens (tertiary/aromatic N) is 2. The highest BCUT2D eigenvalue weighted by molar-refractivity contribution is 4.79. The summed E-state index contributed by atoms with van der Waals surface area (Å²) in [6, 6.07) is 0. The number of unbranched alkanes of at least 4 members (excludes halogenated alkanes) is 12. The molecule has 0 aliphatic carbocycles. The minimum absolute atomic E-state index is 0.112. The molecule has 0 radical (unpaired) electrons. The lowest BCUT2D eigenvalue weighted by Gasteiger charge is -2.35. The van der Waals surface area contributed by atoms with Crippen molar-refractivity contribution in [2.45, 2.75) is 130 Å². The first kappa shape index (κ1) is 43.7. The molecule has 276 valence electrons. The molecule has 0 saturated carbocycles. The third-order valence-corrected chi connectivity index (χ3v) is 9.69. The first-order chi connectivity index (χ1) is 22.4. The summed E-state index contributed by atoms with van der Waals surface area (Å²) >= 11 is 0. The Morgan fingerprint density at radius 2 is 0.717 bits per heavy atom. The smallest absolute Gasteiger partial charge is 0.0701 e. The van der Waals surface area contributed by atoms with Crippen molar-refractivity contribution in [1.82, 2.24) is 9.80 Å². The van der Waals surface area contributed by atoms with Crippen LogP contribution < -0.4 is 0 Å². The molecule has 0 amide bonds. The van der Waals surface area contributed by atoms with Crippen LogP contribution in [0.2, 0.25) is 0 Å². The summed E-state index contributed by atoms with van der Waals surface area (Å²) < 4.78 is 23.9. The Bertz CT molecular complexity index is 585. The highest BCUT2D eigenvalue weighted by Crippen LogP contribution is 2.27. The molecular weight excluding hydrogens is 580 g/mol. The highest BCUT2D eigenvalue weighted by Gasteiger charge is 2.27. The molecule has 0 bridgehead atoms. The monoisotopic (exact) mass is 659 g/mol. The van der Waals surface area contributed by atoms with Crippen molar-refractivity contribution in [2.24, 2.45) is 10.8 Å². The first-order valence-corrected chi connectivity index (χ1v) is 19.4. The summed E-state index contributed by atoms with van der Waals surface area (Å²) in [7, 11) is 0. The number of aliphatic hydroxyl groups excluding tert-OH is 2. The molecule has 0 aromatic carbocycles. The molecule has 8 nitrogen and oxygen atoms in total. The normalized spacial score (nSPS) is 20.5. The van der Waals surface area contributed by atoms with Crippen molar-refractivity contribution in [3.63, 3.8) is 0 Å². The van der Waals surface area contributed by atoms with Gasteiger partial charge < -0.3 is 29.2 Å². The molecule has 2 unspecified atom stereocenters. The van der Waals surface area contributed by atoms with E-state index in [1.54, 1.807) is 0 Å². The quantitative estimate of drug-likeness (QED) is 0.121. The minimum Gasteiger partial charge on any atom is -0.396 e. The fraction of sp³-hybridized carbons (Fsp3) is 1.00. The van der Waals surface area contributed by atoms with Gasteiger partial charge in [0.2, 0.25) is 0 Å². The summed E-state index contributed by atoms with van der Waals surface area (Å²) in [6.07, 6.45) is 20.2. The number of hydrogen-bond acceptors (Lipinski definition) is 8. The van der Waals surface area contributed by atoms with E-state index in [9.17, 15) is 10.2 Å². The average molecular weight is 659 g/mol. The second-order valence-electron chi connectivity index (χ2n) is 14.7. The summed E-state index contributed by atoms with van der Waals surface area (Å²) in [4.78, 5) is 4.79. The molecule has 1 heterocycles. The number of aliphatic hydroxyl groups is 2. The molecule has 2 atom stereocenters. The van der Waals surface area contributed by atoms with Crippen molar-refractivity contribution in [2.75, 3.05) is 105 Å². The third-order valence-electron chi connectivity index (χ3n) is 9.69. The van der Waals surface area contributed by atoms with Crippen LogP contribution >= 0.6 is 0 Å². The van der Waals surface area contributed by atoms with Gasteiger partial charge in [-0.15, -0.1) is 0 Å². The Labute approximate surface area is 285 Å². The van der Waals surface area contributed by atoms with Crippen LogP contribution in [-0.4, -0.2) is 125 Å². The molecule has 2 N–H and O–H groups in total. The SMILES string of the molecule is CCCCCCCCCC(C)(CO)CN1CCOCCOCCN(CC(C)(CO)CCCCCCCCC)CCOCCOCC1. The molecule has 8 heteroatoms. The number of hydrogen-bond donors (Lipinski definition) is 2. The Hall–Kier alpha value is -0.320. The second kappa shape index (κ2) is 29.6. The molecule has 0 aromatic heterocycles. The van der Waals surface area contributed by atoms with Gasteiger partial charge in [0, 0.05) is 63.3 Å². The van der Waals surface area contributed by atoms with Gasteiger partial charge in [-0.2, -0.15) is 0 Å². The van der Waals surface area contributed by atoms with E-state index in [1.165, 1.54) is 89.9 Å². The Kier molecular flexibility index (Phi) is 28.1. The molecular formula is C38H78N2O6. The lowest BCUT2D eigenvalue weighted by molar-refractivity contribution is -0.00835. The molecule has 0 aromatic rings. The van der Waals surface area contributed by atoms with E-state index < -0.39 is 0 Å². The second-order valence-corrected chi connectivity index (χ2v) is 14.7. The molecule has 46 heavy (non-hydrogen) atoms. The van der Waals surface area contributed by atoms with Crippen LogP contribution in [0.1, 0.15) is 130 Å². The van der Waals surface area contributed by atoms with Gasteiger partial charge in [-0.05, 0) is 12.8 Å². The zero-order valence-electron chi connectivity index (χ0n) is 31.0. The van der Waals surface area contributed by atoms with E-state index in [4.69, 9.17) is 18.9 Å². The zero-order chi connectivity index (χ0) is 33.6. The fourth-order valence-electron chi connectivity index (χ4n) is 6.47. The summed E-state index contributed by atoms with van der Waals surface area (Å²) in [6.45, 7) is 19.2. The molecule has 0 spiro atoms. The van der Waals surface area contributed by atoms with Crippen LogP contribution in [0.15, 0.2) is 0 Å². The number of ether oxygens (including phenoxy) is 4. The number of rotatable bonds is 22. The van der Waals surface area contributed by atoms with E-state index in [2.05, 4.69) is 37.5 Å². The largest absolute Gasteiger partial charge is 0.396 e. The lowest BCUT2D eigenvalue weighted by atomic mass is 9.84. The van der Waals surface area contributed by atoms with Crippen molar-refractivity contribution >= 4 is 0 Å². The first-order valence-electron chi connectivity index (χ1n) is 19.4. The van der Waals surface area contributed by atoms with Crippen molar-refractivity contribution in [3.05, 3.63) is 0 Å². The fourth-order valence-corrected chi connectivity index (χ4v) is 6.47. The van der Waals surface area contributed by atoms with Gasteiger partial charge in [0.05, 0.1) is 52.9 Å². The highest BCUT2D eigenvalue weighted by atomic mass is 16.5. The summed E-state index contributed by atoms with van der Waals surface area (Å²) in [5, 5.41) is 20.6. The van der Waals surface area contributed by atoms with Gasteiger partial charge in [0.1, 0.15) is 0 Å². The van der Waals surface area contributed by atoms with Crippen LogP contribution in [0, 0.1) is 10.8 Å².